The van der Waals surface area contributed by atoms with E-state index >= 15 is 0 Å². The van der Waals surface area contributed by atoms with Crippen molar-refractivity contribution in [2.24, 2.45) is 4.99 Å². The number of piperidine rings is 1. The number of hydrogen-bond donors (Lipinski definition) is 2. The molecule has 4 heterocycles. The van der Waals surface area contributed by atoms with Gasteiger partial charge in [0.1, 0.15) is 11.6 Å². The molecule has 0 atom stereocenters. The number of guanidine groups is 1. The van der Waals surface area contributed by atoms with Crippen molar-refractivity contribution < 1.29 is 4.74 Å². The summed E-state index contributed by atoms with van der Waals surface area (Å²) in [5.41, 5.74) is 1.08. The van der Waals surface area contributed by atoms with E-state index in [0.717, 1.165) is 61.0 Å². The van der Waals surface area contributed by atoms with Crippen LogP contribution in [0.1, 0.15) is 38.5 Å². The fraction of sp³-hybridized carbons (Fsp3) is 0.545. The van der Waals surface area contributed by atoms with Crippen molar-refractivity contribution in [2.75, 3.05) is 32.1 Å². The van der Waals surface area contributed by atoms with Crippen molar-refractivity contribution in [3.05, 3.63) is 36.4 Å². The first-order valence-electron chi connectivity index (χ1n) is 10.8. The normalized spacial score (nSPS) is 21.6. The molecule has 154 valence electrons. The van der Waals surface area contributed by atoms with Gasteiger partial charge in [0.15, 0.2) is 0 Å². The van der Waals surface area contributed by atoms with Crippen molar-refractivity contribution in [1.29, 1.82) is 0 Å². The summed E-state index contributed by atoms with van der Waals surface area (Å²) in [7, 11) is 1.82. The lowest BCUT2D eigenvalue weighted by Gasteiger charge is -2.42. The van der Waals surface area contributed by atoms with Gasteiger partial charge in [0.25, 0.3) is 0 Å². The summed E-state index contributed by atoms with van der Waals surface area (Å²) in [5, 5.41) is 4.54. The molecule has 7 heteroatoms. The number of nitrogens with one attached hydrogen (secondary N) is 2. The predicted molar refractivity (Wildman–Crippen MR) is 116 cm³/mol. The predicted octanol–water partition coefficient (Wildman–Crippen LogP) is 3.54. The summed E-state index contributed by atoms with van der Waals surface area (Å²) in [6, 6.07) is 4.68. The number of methoxy groups -OCH3 is 1. The average Bonchev–Trinajstić information content (AvgIpc) is 3.45. The first-order valence-corrected chi connectivity index (χ1v) is 10.8. The Bertz CT molecular complexity index is 905. The van der Waals surface area contributed by atoms with Gasteiger partial charge in [-0.2, -0.15) is 4.99 Å². The molecule has 7 nitrogen and oxygen atoms in total. The topological polar surface area (TPSA) is 68.8 Å². The van der Waals surface area contributed by atoms with Crippen LogP contribution >= 0.6 is 0 Å². The number of nitrogens with zero attached hydrogens (tertiary/aromatic N) is 4. The SMILES string of the molecule is COC1CCN(C2=NC(Nc3cc4[nH]ccc4cn3)=CCN2C2CCCC2)CC1. The maximum atomic E-state index is 5.57. The van der Waals surface area contributed by atoms with Crippen LogP contribution in [0.4, 0.5) is 5.82 Å². The van der Waals surface area contributed by atoms with E-state index in [9.17, 15) is 0 Å². The lowest BCUT2D eigenvalue weighted by atomic mass is 10.1. The number of hydrogen-bond acceptors (Lipinski definition) is 6. The van der Waals surface area contributed by atoms with Crippen LogP contribution in [-0.4, -0.2) is 64.6 Å². The first kappa shape index (κ1) is 18.5. The van der Waals surface area contributed by atoms with Crippen LogP contribution in [0, 0.1) is 0 Å². The van der Waals surface area contributed by atoms with Gasteiger partial charge in [-0.25, -0.2) is 4.98 Å². The largest absolute Gasteiger partial charge is 0.381 e. The van der Waals surface area contributed by atoms with Crippen molar-refractivity contribution in [3.63, 3.8) is 0 Å². The van der Waals surface area contributed by atoms with Crippen LogP contribution in [0.5, 0.6) is 0 Å². The Morgan fingerprint density at radius 2 is 2.00 bits per heavy atom. The molecule has 0 spiro atoms. The molecule has 2 N–H and O–H groups in total. The third-order valence-electron chi connectivity index (χ3n) is 6.47. The second kappa shape index (κ2) is 8.06. The van der Waals surface area contributed by atoms with E-state index in [2.05, 4.69) is 31.2 Å². The molecule has 2 aromatic heterocycles. The zero-order valence-corrected chi connectivity index (χ0v) is 17.1. The van der Waals surface area contributed by atoms with Gasteiger partial charge in [-0.05, 0) is 37.8 Å². The summed E-state index contributed by atoms with van der Waals surface area (Å²) in [4.78, 5) is 17.8. The van der Waals surface area contributed by atoms with E-state index < -0.39 is 0 Å². The number of H-pyrrole nitrogens is 1. The molecule has 0 aromatic carbocycles. The van der Waals surface area contributed by atoms with Crippen LogP contribution in [0.25, 0.3) is 10.9 Å². The van der Waals surface area contributed by atoms with Crippen LogP contribution in [0.15, 0.2) is 41.4 Å². The minimum Gasteiger partial charge on any atom is -0.381 e. The lowest BCUT2D eigenvalue weighted by Crippen LogP contribution is -2.52. The maximum absolute atomic E-state index is 5.57. The number of anilines is 1. The number of rotatable bonds is 4. The highest BCUT2D eigenvalue weighted by Crippen LogP contribution is 2.28. The molecule has 29 heavy (non-hydrogen) atoms. The van der Waals surface area contributed by atoms with Gasteiger partial charge in [-0.3, -0.25) is 0 Å². The zero-order chi connectivity index (χ0) is 19.6. The van der Waals surface area contributed by atoms with Gasteiger partial charge >= 0.3 is 0 Å². The molecule has 2 aromatic rings. The Balaban J connectivity index is 1.37. The fourth-order valence-electron chi connectivity index (χ4n) is 4.78. The molecule has 0 unspecified atom stereocenters. The minimum atomic E-state index is 0.375. The Hall–Kier alpha value is -2.54. The Morgan fingerprint density at radius 1 is 1.17 bits per heavy atom. The van der Waals surface area contributed by atoms with Crippen LogP contribution in [0.2, 0.25) is 0 Å². The molecule has 5 rings (SSSR count). The fourth-order valence-corrected chi connectivity index (χ4v) is 4.78. The number of pyridine rings is 1. The summed E-state index contributed by atoms with van der Waals surface area (Å²) < 4.78 is 5.57. The summed E-state index contributed by atoms with van der Waals surface area (Å²) in [6.45, 7) is 2.90. The van der Waals surface area contributed by atoms with E-state index in [0.29, 0.717) is 12.1 Å². The number of aromatic amines is 1. The van der Waals surface area contributed by atoms with Gasteiger partial charge in [0.05, 0.1) is 11.6 Å². The van der Waals surface area contributed by atoms with Gasteiger partial charge in [0, 0.05) is 56.6 Å². The number of aromatic nitrogens is 2. The van der Waals surface area contributed by atoms with Crippen LogP contribution in [0.3, 0.4) is 0 Å². The Kier molecular flexibility index (Phi) is 5.14. The molecule has 0 bridgehead atoms. The highest BCUT2D eigenvalue weighted by atomic mass is 16.5. The molecule has 1 saturated heterocycles. The number of fused-ring (bicyclic) bond motifs is 1. The van der Waals surface area contributed by atoms with Gasteiger partial charge in [-0.15, -0.1) is 0 Å². The standard InChI is InChI=1S/C22H30N6O/c1-29-18-7-11-27(12-8-18)22-26-20(9-13-28(22)17-4-2-3-5-17)25-21-14-19-16(15-24-21)6-10-23-19/h6,9-10,14-15,17-18,23H,2-5,7-8,11-13H2,1H3,(H,24,25). The molecular weight excluding hydrogens is 364 g/mol. The molecule has 2 fully saturated rings. The summed E-state index contributed by atoms with van der Waals surface area (Å²) in [5.74, 6) is 2.83. The van der Waals surface area contributed by atoms with Gasteiger partial charge in [-0.1, -0.05) is 12.8 Å². The minimum absolute atomic E-state index is 0.375. The average molecular weight is 395 g/mol. The summed E-state index contributed by atoms with van der Waals surface area (Å²) in [6.07, 6.45) is 13.7. The second-order valence-electron chi connectivity index (χ2n) is 8.27. The highest BCUT2D eigenvalue weighted by molar-refractivity contribution is 5.84. The van der Waals surface area contributed by atoms with Crippen molar-refractivity contribution in [2.45, 2.75) is 50.7 Å². The highest BCUT2D eigenvalue weighted by Gasteiger charge is 2.32. The molecule has 3 aliphatic rings. The van der Waals surface area contributed by atoms with E-state index in [1.807, 2.05) is 31.6 Å². The monoisotopic (exact) mass is 394 g/mol. The molecule has 1 aliphatic carbocycles. The van der Waals surface area contributed by atoms with Gasteiger partial charge in [0.2, 0.25) is 5.96 Å². The van der Waals surface area contributed by atoms with Crippen molar-refractivity contribution in [1.82, 2.24) is 19.8 Å². The smallest absolute Gasteiger partial charge is 0.203 e. The first-order chi connectivity index (χ1) is 14.3. The number of aliphatic imine (C=N–C) groups is 1. The van der Waals surface area contributed by atoms with Crippen molar-refractivity contribution in [3.8, 4) is 0 Å². The van der Waals surface area contributed by atoms with E-state index in [1.165, 1.54) is 25.7 Å². The Labute approximate surface area is 171 Å². The zero-order valence-electron chi connectivity index (χ0n) is 17.1. The number of likely N-dealkylation sites (tertiary alicyclic amines) is 1. The van der Waals surface area contributed by atoms with E-state index in [1.54, 1.807) is 0 Å². The third-order valence-corrected chi connectivity index (χ3v) is 6.47. The Morgan fingerprint density at radius 3 is 2.79 bits per heavy atom. The van der Waals surface area contributed by atoms with Crippen molar-refractivity contribution >= 4 is 22.7 Å². The quantitative estimate of drug-likeness (QED) is 0.830. The third kappa shape index (κ3) is 3.83. The van der Waals surface area contributed by atoms with E-state index in [-0.39, 0.29) is 0 Å². The van der Waals surface area contributed by atoms with Crippen LogP contribution < -0.4 is 5.32 Å². The van der Waals surface area contributed by atoms with Gasteiger partial charge < -0.3 is 24.8 Å². The molecular formula is C22H30N6O. The maximum Gasteiger partial charge on any atom is 0.203 e. The van der Waals surface area contributed by atoms with Crippen LogP contribution in [-0.2, 0) is 4.74 Å². The number of ether oxygens (including phenoxy) is 1. The lowest BCUT2D eigenvalue weighted by molar-refractivity contribution is 0.0541. The summed E-state index contributed by atoms with van der Waals surface area (Å²) >= 11 is 0. The molecule has 0 radical (unpaired) electrons. The second-order valence-corrected chi connectivity index (χ2v) is 8.27. The molecule has 2 aliphatic heterocycles. The van der Waals surface area contributed by atoms with E-state index in [4.69, 9.17) is 9.73 Å². The molecule has 0 amide bonds. The molecule has 1 saturated carbocycles.